The Kier molecular flexibility index (Phi) is 5.44. The van der Waals surface area contributed by atoms with Crippen molar-refractivity contribution in [2.24, 2.45) is 0 Å². The minimum absolute atomic E-state index is 0.0126. The van der Waals surface area contributed by atoms with Gasteiger partial charge in [0.2, 0.25) is 0 Å². The maximum atomic E-state index is 12.0. The van der Waals surface area contributed by atoms with Gasteiger partial charge < -0.3 is 11.1 Å². The van der Waals surface area contributed by atoms with Gasteiger partial charge in [0.1, 0.15) is 4.90 Å². The number of hydrogen-bond donors (Lipinski definition) is 3. The molecule has 1 aromatic rings. The highest BCUT2D eigenvalue weighted by Gasteiger charge is 2.23. The van der Waals surface area contributed by atoms with Crippen molar-refractivity contribution in [1.82, 2.24) is 10.0 Å². The number of anilines is 1. The first-order valence-corrected chi connectivity index (χ1v) is 7.59. The van der Waals surface area contributed by atoms with Crippen LogP contribution in [0.1, 0.15) is 19.8 Å². The van der Waals surface area contributed by atoms with Gasteiger partial charge in [0.05, 0.1) is 10.7 Å². The molecule has 4 N–H and O–H groups in total. The zero-order chi connectivity index (χ0) is 14.5. The fourth-order valence-corrected chi connectivity index (χ4v) is 3.00. The number of halogens is 1. The molecule has 0 aliphatic rings. The number of unbranched alkanes of at least 4 members (excludes halogenated alkanes) is 1. The van der Waals surface area contributed by atoms with Gasteiger partial charge in [-0.05, 0) is 18.6 Å². The molecule has 0 heterocycles. The van der Waals surface area contributed by atoms with Crippen molar-refractivity contribution >= 4 is 33.3 Å². The standard InChI is InChI=1S/C11H16ClN3O3S/c1-2-3-7-14-11(16)15-19(17,18)10-8(12)5-4-6-9(10)13/h4-6H,2-3,7,13H2,1H3,(H2,14,15,16). The van der Waals surface area contributed by atoms with Crippen molar-refractivity contribution in [2.75, 3.05) is 12.3 Å². The minimum atomic E-state index is -4.08. The molecule has 0 bridgehead atoms. The lowest BCUT2D eigenvalue weighted by Gasteiger charge is -2.11. The van der Waals surface area contributed by atoms with Crippen LogP contribution in [0.3, 0.4) is 0 Å². The number of amides is 2. The van der Waals surface area contributed by atoms with Crippen LogP contribution < -0.4 is 15.8 Å². The van der Waals surface area contributed by atoms with E-state index in [0.29, 0.717) is 6.54 Å². The molecule has 0 spiro atoms. The van der Waals surface area contributed by atoms with Crippen LogP contribution in [0.15, 0.2) is 23.1 Å². The molecule has 6 nitrogen and oxygen atoms in total. The normalized spacial score (nSPS) is 11.1. The van der Waals surface area contributed by atoms with E-state index >= 15 is 0 Å². The van der Waals surface area contributed by atoms with Gasteiger partial charge in [-0.1, -0.05) is 31.0 Å². The second kappa shape index (κ2) is 6.63. The first kappa shape index (κ1) is 15.6. The third-order valence-electron chi connectivity index (χ3n) is 2.31. The average molecular weight is 306 g/mol. The van der Waals surface area contributed by atoms with Gasteiger partial charge in [0.25, 0.3) is 10.0 Å². The van der Waals surface area contributed by atoms with E-state index in [-0.39, 0.29) is 15.6 Å². The molecule has 0 saturated carbocycles. The fraction of sp³-hybridized carbons (Fsp3) is 0.364. The zero-order valence-corrected chi connectivity index (χ0v) is 12.0. The Morgan fingerprint density at radius 1 is 1.42 bits per heavy atom. The summed E-state index contributed by atoms with van der Waals surface area (Å²) >= 11 is 5.79. The first-order chi connectivity index (χ1) is 8.88. The Bertz CT molecular complexity index is 540. The van der Waals surface area contributed by atoms with Crippen molar-refractivity contribution in [3.05, 3.63) is 23.2 Å². The average Bonchev–Trinajstić information content (AvgIpc) is 2.27. The third-order valence-corrected chi connectivity index (χ3v) is 4.18. The highest BCUT2D eigenvalue weighted by Crippen LogP contribution is 2.26. The first-order valence-electron chi connectivity index (χ1n) is 5.73. The van der Waals surface area contributed by atoms with Crippen LogP contribution in [-0.4, -0.2) is 21.0 Å². The third kappa shape index (κ3) is 4.29. The molecule has 106 valence electrons. The number of nitrogens with one attached hydrogen (secondary N) is 2. The van der Waals surface area contributed by atoms with Gasteiger partial charge >= 0.3 is 6.03 Å². The van der Waals surface area contributed by atoms with E-state index in [9.17, 15) is 13.2 Å². The lowest BCUT2D eigenvalue weighted by Crippen LogP contribution is -2.40. The minimum Gasteiger partial charge on any atom is -0.398 e. The van der Waals surface area contributed by atoms with Crippen LogP contribution in [0.25, 0.3) is 0 Å². The Morgan fingerprint density at radius 2 is 2.11 bits per heavy atom. The van der Waals surface area contributed by atoms with Crippen LogP contribution in [-0.2, 0) is 10.0 Å². The Balaban J connectivity index is 2.84. The summed E-state index contributed by atoms with van der Waals surface area (Å²) in [6.45, 7) is 2.36. The number of nitrogens with two attached hydrogens (primary N) is 1. The van der Waals surface area contributed by atoms with E-state index in [4.69, 9.17) is 17.3 Å². The number of nitrogen functional groups attached to an aromatic ring is 1. The van der Waals surface area contributed by atoms with E-state index < -0.39 is 16.1 Å². The molecular weight excluding hydrogens is 290 g/mol. The van der Waals surface area contributed by atoms with Crippen LogP contribution in [0.4, 0.5) is 10.5 Å². The van der Waals surface area contributed by atoms with Crippen molar-refractivity contribution in [3.8, 4) is 0 Å². The molecule has 0 aliphatic carbocycles. The van der Waals surface area contributed by atoms with Gasteiger partial charge in [-0.15, -0.1) is 0 Å². The van der Waals surface area contributed by atoms with Crippen LogP contribution in [0.2, 0.25) is 5.02 Å². The summed E-state index contributed by atoms with van der Waals surface area (Å²) in [6, 6.07) is 3.52. The van der Waals surface area contributed by atoms with E-state index in [2.05, 4.69) is 5.32 Å². The topological polar surface area (TPSA) is 101 Å². The molecule has 0 saturated heterocycles. The van der Waals surface area contributed by atoms with Crippen molar-refractivity contribution < 1.29 is 13.2 Å². The van der Waals surface area contributed by atoms with Gasteiger partial charge in [0, 0.05) is 6.54 Å². The molecule has 8 heteroatoms. The molecule has 1 rings (SSSR count). The van der Waals surface area contributed by atoms with Gasteiger partial charge in [-0.3, -0.25) is 0 Å². The number of hydrogen-bond acceptors (Lipinski definition) is 4. The van der Waals surface area contributed by atoms with Gasteiger partial charge in [0.15, 0.2) is 0 Å². The molecule has 0 aromatic heterocycles. The van der Waals surface area contributed by atoms with Crippen molar-refractivity contribution in [1.29, 1.82) is 0 Å². The summed E-state index contributed by atoms with van der Waals surface area (Å²) in [5, 5.41) is 2.40. The predicted octanol–water partition coefficient (Wildman–Crippen LogP) is 1.71. The summed E-state index contributed by atoms with van der Waals surface area (Å²) in [5.74, 6) is 0. The van der Waals surface area contributed by atoms with Crippen LogP contribution in [0, 0.1) is 0 Å². The molecule has 0 unspecified atom stereocenters. The van der Waals surface area contributed by atoms with Crippen molar-refractivity contribution in [2.45, 2.75) is 24.7 Å². The van der Waals surface area contributed by atoms with Gasteiger partial charge in [-0.25, -0.2) is 17.9 Å². The molecule has 0 radical (unpaired) electrons. The highest BCUT2D eigenvalue weighted by molar-refractivity contribution is 7.90. The zero-order valence-electron chi connectivity index (χ0n) is 10.4. The lowest BCUT2D eigenvalue weighted by atomic mass is 10.3. The summed E-state index contributed by atoms with van der Waals surface area (Å²) in [4.78, 5) is 11.2. The monoisotopic (exact) mass is 305 g/mol. The summed E-state index contributed by atoms with van der Waals surface area (Å²) in [6.07, 6.45) is 1.66. The Morgan fingerprint density at radius 3 is 2.68 bits per heavy atom. The van der Waals surface area contributed by atoms with Crippen LogP contribution in [0.5, 0.6) is 0 Å². The predicted molar refractivity (Wildman–Crippen MR) is 74.5 cm³/mol. The Labute approximate surface area is 117 Å². The number of carbonyl (C=O) groups excluding carboxylic acids is 1. The molecule has 0 fully saturated rings. The number of carbonyl (C=O) groups is 1. The molecule has 0 aliphatic heterocycles. The summed E-state index contributed by atoms with van der Waals surface area (Å²) in [7, 11) is -4.08. The molecule has 19 heavy (non-hydrogen) atoms. The summed E-state index contributed by atoms with van der Waals surface area (Å²) < 4.78 is 25.8. The van der Waals surface area contributed by atoms with Crippen molar-refractivity contribution in [3.63, 3.8) is 0 Å². The Hall–Kier alpha value is -1.47. The smallest absolute Gasteiger partial charge is 0.328 e. The van der Waals surface area contributed by atoms with Crippen LogP contribution >= 0.6 is 11.6 Å². The maximum absolute atomic E-state index is 12.0. The van der Waals surface area contributed by atoms with E-state index in [0.717, 1.165) is 12.8 Å². The van der Waals surface area contributed by atoms with E-state index in [1.165, 1.54) is 18.2 Å². The molecule has 1 aromatic carbocycles. The maximum Gasteiger partial charge on any atom is 0.328 e. The largest absolute Gasteiger partial charge is 0.398 e. The second-order valence-electron chi connectivity index (χ2n) is 3.87. The number of benzene rings is 1. The SMILES string of the molecule is CCCCNC(=O)NS(=O)(=O)c1c(N)cccc1Cl. The highest BCUT2D eigenvalue weighted by atomic mass is 35.5. The van der Waals surface area contributed by atoms with E-state index in [1.807, 2.05) is 11.6 Å². The van der Waals surface area contributed by atoms with E-state index in [1.54, 1.807) is 0 Å². The fourth-order valence-electron chi connectivity index (χ4n) is 1.40. The number of sulfonamides is 1. The molecular formula is C11H16ClN3O3S. The number of rotatable bonds is 5. The summed E-state index contributed by atoms with van der Waals surface area (Å²) in [5.41, 5.74) is 5.56. The molecule has 0 atom stereocenters. The molecule has 2 amide bonds. The van der Waals surface area contributed by atoms with Gasteiger partial charge in [-0.2, -0.15) is 0 Å². The second-order valence-corrected chi connectivity index (χ2v) is 5.90. The quantitative estimate of drug-likeness (QED) is 0.569. The lowest BCUT2D eigenvalue weighted by molar-refractivity contribution is 0.245. The number of urea groups is 1.